The fraction of sp³-hybridized carbons (Fsp3) is 0.167. The minimum Gasteiger partial charge on any atom is -0.258 e. The summed E-state index contributed by atoms with van der Waals surface area (Å²) in [5, 5.41) is 24.4. The normalized spacial score (nSPS) is 10.4. The highest BCUT2D eigenvalue weighted by Gasteiger charge is 2.09. The number of hydrogen-bond donors (Lipinski definition) is 0. The van der Waals surface area contributed by atoms with Crippen LogP contribution in [0.25, 0.3) is 5.69 Å². The van der Waals surface area contributed by atoms with E-state index in [0.717, 1.165) is 11.1 Å². The summed E-state index contributed by atoms with van der Waals surface area (Å²) in [5.41, 5.74) is 3.32. The van der Waals surface area contributed by atoms with Gasteiger partial charge in [0, 0.05) is 18.6 Å². The lowest BCUT2D eigenvalue weighted by Gasteiger charge is -2.04. The summed E-state index contributed by atoms with van der Waals surface area (Å²) in [5.74, 6) is 0.655. The van der Waals surface area contributed by atoms with E-state index in [9.17, 15) is 15.4 Å². The maximum atomic E-state index is 10.7. The highest BCUT2D eigenvalue weighted by atomic mass is 16.6. The molecule has 2 aromatic carbocycles. The van der Waals surface area contributed by atoms with Gasteiger partial charge in [0.15, 0.2) is 5.82 Å². The molecule has 0 aliphatic heterocycles. The topological polar surface area (TPSA) is 97.6 Å². The molecule has 0 aliphatic rings. The zero-order valence-electron chi connectivity index (χ0n) is 13.6. The second kappa shape index (κ2) is 6.93. The molecular formula is C18H15N5O2. The van der Waals surface area contributed by atoms with Crippen LogP contribution in [0.15, 0.2) is 48.8 Å². The summed E-state index contributed by atoms with van der Waals surface area (Å²) in [6.45, 7) is 1.93. The molecule has 0 unspecified atom stereocenters. The molecule has 0 aliphatic carbocycles. The molecule has 7 heteroatoms. The predicted octanol–water partition coefficient (Wildman–Crippen LogP) is 3.14. The zero-order chi connectivity index (χ0) is 17.8. The van der Waals surface area contributed by atoms with Crippen molar-refractivity contribution in [1.29, 1.82) is 5.26 Å². The van der Waals surface area contributed by atoms with Crippen LogP contribution in [-0.4, -0.2) is 19.7 Å². The van der Waals surface area contributed by atoms with E-state index in [1.54, 1.807) is 23.1 Å². The number of aromatic nitrogens is 3. The van der Waals surface area contributed by atoms with E-state index >= 15 is 0 Å². The van der Waals surface area contributed by atoms with Gasteiger partial charge < -0.3 is 0 Å². The van der Waals surface area contributed by atoms with Gasteiger partial charge in [-0.15, -0.1) is 0 Å². The lowest BCUT2D eigenvalue weighted by Crippen LogP contribution is -2.00. The molecule has 0 saturated heterocycles. The van der Waals surface area contributed by atoms with Gasteiger partial charge >= 0.3 is 0 Å². The lowest BCUT2D eigenvalue weighted by atomic mass is 10.1. The van der Waals surface area contributed by atoms with Gasteiger partial charge in [0.2, 0.25) is 0 Å². The third kappa shape index (κ3) is 3.70. The van der Waals surface area contributed by atoms with Gasteiger partial charge in [0.25, 0.3) is 5.69 Å². The van der Waals surface area contributed by atoms with Gasteiger partial charge in [-0.05, 0) is 36.6 Å². The Labute approximate surface area is 144 Å². The Hall–Kier alpha value is -3.53. The van der Waals surface area contributed by atoms with E-state index in [1.165, 1.54) is 12.1 Å². The van der Waals surface area contributed by atoms with Gasteiger partial charge in [-0.3, -0.25) is 10.1 Å². The minimum atomic E-state index is -0.415. The quantitative estimate of drug-likeness (QED) is 0.528. The Morgan fingerprint density at radius 2 is 1.96 bits per heavy atom. The number of rotatable bonds is 5. The number of nitriles is 1. The van der Waals surface area contributed by atoms with Crippen LogP contribution in [0.3, 0.4) is 0 Å². The molecule has 0 spiro atoms. The Bertz CT molecular complexity index is 954. The van der Waals surface area contributed by atoms with Gasteiger partial charge in [0.05, 0.1) is 16.2 Å². The minimum absolute atomic E-state index is 0.0783. The first-order valence-electron chi connectivity index (χ1n) is 7.72. The molecule has 25 heavy (non-hydrogen) atoms. The van der Waals surface area contributed by atoms with Crippen LogP contribution in [0.5, 0.6) is 0 Å². The van der Waals surface area contributed by atoms with Crippen LogP contribution >= 0.6 is 0 Å². The third-order valence-corrected chi connectivity index (χ3v) is 3.84. The third-order valence-electron chi connectivity index (χ3n) is 3.84. The maximum Gasteiger partial charge on any atom is 0.269 e. The largest absolute Gasteiger partial charge is 0.269 e. The van der Waals surface area contributed by atoms with Crippen molar-refractivity contribution < 1.29 is 4.92 Å². The summed E-state index contributed by atoms with van der Waals surface area (Å²) in [6, 6.07) is 14.2. The highest BCUT2D eigenvalue weighted by Crippen LogP contribution is 2.16. The van der Waals surface area contributed by atoms with E-state index < -0.39 is 4.92 Å². The van der Waals surface area contributed by atoms with Crippen LogP contribution in [0.4, 0.5) is 5.69 Å². The molecule has 0 N–H and O–H groups in total. The average molecular weight is 333 g/mol. The SMILES string of the molecule is Cc1ccc(-n2cnc(CCc3ccc([N+](=O)[O-])cc3)n2)c(C#N)c1. The highest BCUT2D eigenvalue weighted by molar-refractivity contribution is 5.49. The lowest BCUT2D eigenvalue weighted by molar-refractivity contribution is -0.384. The Balaban J connectivity index is 1.72. The van der Waals surface area contributed by atoms with E-state index in [0.29, 0.717) is 29.9 Å². The fourth-order valence-corrected chi connectivity index (χ4v) is 2.51. The van der Waals surface area contributed by atoms with E-state index in [1.807, 2.05) is 25.1 Å². The standard InChI is InChI=1S/C18H15N5O2/c1-13-2-8-17(15(10-13)11-19)22-12-20-18(21-22)9-5-14-3-6-16(7-4-14)23(24)25/h2-4,6-8,10,12H,5,9H2,1H3. The molecule has 3 aromatic rings. The maximum absolute atomic E-state index is 10.7. The summed E-state index contributed by atoms with van der Waals surface area (Å²) in [4.78, 5) is 14.5. The average Bonchev–Trinajstić information content (AvgIpc) is 3.09. The van der Waals surface area contributed by atoms with Crippen LogP contribution in [0.2, 0.25) is 0 Å². The van der Waals surface area contributed by atoms with Gasteiger partial charge in [0.1, 0.15) is 12.4 Å². The molecule has 124 valence electrons. The number of aryl methyl sites for hydroxylation is 3. The Morgan fingerprint density at radius 1 is 1.20 bits per heavy atom. The first kappa shape index (κ1) is 16.3. The summed E-state index contributed by atoms with van der Waals surface area (Å²) >= 11 is 0. The number of nitrogens with zero attached hydrogens (tertiary/aromatic N) is 5. The second-order valence-electron chi connectivity index (χ2n) is 5.66. The molecule has 0 fully saturated rings. The number of non-ortho nitro benzene ring substituents is 1. The smallest absolute Gasteiger partial charge is 0.258 e. The van der Waals surface area contributed by atoms with E-state index in [4.69, 9.17) is 0 Å². The molecule has 3 rings (SSSR count). The summed E-state index contributed by atoms with van der Waals surface area (Å²) in [6.07, 6.45) is 2.89. The molecule has 1 heterocycles. The molecule has 1 aromatic heterocycles. The van der Waals surface area contributed by atoms with Gasteiger partial charge in [-0.1, -0.05) is 18.2 Å². The first-order chi connectivity index (χ1) is 12.1. The van der Waals surface area contributed by atoms with E-state index in [2.05, 4.69) is 16.2 Å². The first-order valence-corrected chi connectivity index (χ1v) is 7.72. The summed E-state index contributed by atoms with van der Waals surface area (Å²) in [7, 11) is 0. The van der Waals surface area contributed by atoms with E-state index in [-0.39, 0.29) is 5.69 Å². The van der Waals surface area contributed by atoms with Crippen molar-refractivity contribution in [3.8, 4) is 11.8 Å². The van der Waals surface area contributed by atoms with Crippen molar-refractivity contribution in [3.05, 3.63) is 81.4 Å². The summed E-state index contributed by atoms with van der Waals surface area (Å²) < 4.78 is 1.60. The van der Waals surface area contributed by atoms with Crippen molar-refractivity contribution >= 4 is 5.69 Å². The zero-order valence-corrected chi connectivity index (χ0v) is 13.6. The van der Waals surface area contributed by atoms with Crippen LogP contribution in [-0.2, 0) is 12.8 Å². The molecular weight excluding hydrogens is 318 g/mol. The molecule has 0 bridgehead atoms. The van der Waals surface area contributed by atoms with Crippen molar-refractivity contribution in [1.82, 2.24) is 14.8 Å². The Morgan fingerprint density at radius 3 is 2.64 bits per heavy atom. The van der Waals surface area contributed by atoms with Crippen molar-refractivity contribution in [2.45, 2.75) is 19.8 Å². The predicted molar refractivity (Wildman–Crippen MR) is 91.3 cm³/mol. The molecule has 0 saturated carbocycles. The number of nitro groups is 1. The molecule has 7 nitrogen and oxygen atoms in total. The molecule has 0 amide bonds. The fourth-order valence-electron chi connectivity index (χ4n) is 2.51. The number of hydrogen-bond acceptors (Lipinski definition) is 5. The van der Waals surface area contributed by atoms with Crippen molar-refractivity contribution in [3.63, 3.8) is 0 Å². The van der Waals surface area contributed by atoms with Gasteiger partial charge in [-0.25, -0.2) is 9.67 Å². The monoisotopic (exact) mass is 333 g/mol. The second-order valence-corrected chi connectivity index (χ2v) is 5.66. The molecule has 0 atom stereocenters. The van der Waals surface area contributed by atoms with Crippen LogP contribution in [0.1, 0.15) is 22.5 Å². The van der Waals surface area contributed by atoms with Crippen LogP contribution < -0.4 is 0 Å². The Kier molecular flexibility index (Phi) is 4.53. The number of benzene rings is 2. The van der Waals surface area contributed by atoms with Gasteiger partial charge in [-0.2, -0.15) is 10.4 Å². The molecule has 0 radical (unpaired) electrons. The number of nitro benzene ring substituents is 1. The van der Waals surface area contributed by atoms with Crippen molar-refractivity contribution in [2.24, 2.45) is 0 Å². The van der Waals surface area contributed by atoms with Crippen molar-refractivity contribution in [2.75, 3.05) is 0 Å². The van der Waals surface area contributed by atoms with Crippen LogP contribution in [0, 0.1) is 28.4 Å².